The first-order chi connectivity index (χ1) is 23.2. The fourth-order valence-corrected chi connectivity index (χ4v) is 8.56. The number of pyridine rings is 1. The number of halogens is 2. The molecule has 2 bridgehead atoms. The second-order valence-corrected chi connectivity index (χ2v) is 14.3. The van der Waals surface area contributed by atoms with E-state index in [1.807, 2.05) is 0 Å². The number of likely N-dealkylation sites (tertiary alicyclic amines) is 1. The standard InChI is InChI=1S/C37H40F2N6O3/c1-5-25-27(38)10-7-21-15-24(46)16-26(28(21)25)31-30(39)32-29(34(41-31)47-4)33(45-17-22-8-9-23(18-45)40-22)43-35(42-32)48-20-36(3)19-44(6-2)14-13-37(36)11-12-37/h1,7,10,15-16,22-23,40,46H,6,8-9,11-14,17-20H2,2-4H3/t22-,23+,36-/m0/s1. The van der Waals surface area contributed by atoms with E-state index in [2.05, 4.69) is 39.9 Å². The highest BCUT2D eigenvalue weighted by atomic mass is 19.1. The highest BCUT2D eigenvalue weighted by Crippen LogP contribution is 2.63. The lowest BCUT2D eigenvalue weighted by Crippen LogP contribution is -2.51. The lowest BCUT2D eigenvalue weighted by molar-refractivity contribution is -0.0119. The van der Waals surface area contributed by atoms with Crippen LogP contribution in [0.25, 0.3) is 32.9 Å². The van der Waals surface area contributed by atoms with Crippen LogP contribution in [-0.2, 0) is 0 Å². The minimum Gasteiger partial charge on any atom is -0.508 e. The number of fused-ring (bicyclic) bond motifs is 4. The third-order valence-electron chi connectivity index (χ3n) is 11.5. The molecular weight excluding hydrogens is 614 g/mol. The van der Waals surface area contributed by atoms with Crippen LogP contribution in [0.1, 0.15) is 51.5 Å². The smallest absolute Gasteiger partial charge is 0.319 e. The molecule has 1 spiro atoms. The van der Waals surface area contributed by atoms with E-state index in [1.54, 1.807) is 0 Å². The van der Waals surface area contributed by atoms with Gasteiger partial charge < -0.3 is 29.7 Å². The van der Waals surface area contributed by atoms with Gasteiger partial charge in [-0.05, 0) is 74.2 Å². The number of phenolic OH excluding ortho intramolecular Hbond substituents is 1. The zero-order chi connectivity index (χ0) is 33.4. The number of nitrogens with one attached hydrogen (secondary N) is 1. The fourth-order valence-electron chi connectivity index (χ4n) is 8.56. The Balaban J connectivity index is 1.31. The number of piperazine rings is 1. The van der Waals surface area contributed by atoms with Crippen molar-refractivity contribution in [3.05, 3.63) is 41.5 Å². The SMILES string of the molecule is C#Cc1c(F)ccc2cc(O)cc(-c3nc(OC)c4c(N5C[C@H]6CC[C@@H](C5)N6)nc(OC[C@]5(C)CN(CC)CCC56CC6)nc4c3F)c12. The number of aromatic nitrogens is 3. The normalized spacial score (nSPS) is 24.7. The van der Waals surface area contributed by atoms with Crippen molar-refractivity contribution in [1.82, 2.24) is 25.2 Å². The van der Waals surface area contributed by atoms with Crippen LogP contribution in [0, 0.1) is 34.8 Å². The predicted molar refractivity (Wildman–Crippen MR) is 181 cm³/mol. The van der Waals surface area contributed by atoms with Crippen molar-refractivity contribution < 1.29 is 23.4 Å². The van der Waals surface area contributed by atoms with Gasteiger partial charge in [0.05, 0.1) is 19.3 Å². The topological polar surface area (TPSA) is 95.9 Å². The number of piperidine rings is 1. The third kappa shape index (κ3) is 4.91. The number of anilines is 1. The minimum atomic E-state index is -0.767. The second-order valence-electron chi connectivity index (χ2n) is 14.3. The molecule has 3 saturated heterocycles. The highest BCUT2D eigenvalue weighted by molar-refractivity contribution is 6.04. The molecule has 8 rings (SSSR count). The van der Waals surface area contributed by atoms with Crippen molar-refractivity contribution in [1.29, 1.82) is 0 Å². The number of phenols is 1. The quantitative estimate of drug-likeness (QED) is 0.245. The summed E-state index contributed by atoms with van der Waals surface area (Å²) in [5.41, 5.74) is 0.00702. The van der Waals surface area contributed by atoms with Gasteiger partial charge in [0.2, 0.25) is 5.88 Å². The van der Waals surface area contributed by atoms with Crippen LogP contribution in [0.3, 0.4) is 0 Å². The number of hydrogen-bond donors (Lipinski definition) is 2. The van der Waals surface area contributed by atoms with Gasteiger partial charge in [-0.25, -0.2) is 13.8 Å². The summed E-state index contributed by atoms with van der Waals surface area (Å²) in [6.07, 6.45) is 11.3. The Morgan fingerprint density at radius 3 is 2.54 bits per heavy atom. The molecule has 2 N–H and O–H groups in total. The van der Waals surface area contributed by atoms with Gasteiger partial charge in [-0.3, -0.25) is 0 Å². The minimum absolute atomic E-state index is 0.0250. The van der Waals surface area contributed by atoms with Gasteiger partial charge in [0.1, 0.15) is 34.0 Å². The molecule has 5 heterocycles. The Kier molecular flexibility index (Phi) is 7.38. The van der Waals surface area contributed by atoms with Crippen LogP contribution in [-0.4, -0.2) is 83.5 Å². The summed E-state index contributed by atoms with van der Waals surface area (Å²) < 4.78 is 44.4. The van der Waals surface area contributed by atoms with Gasteiger partial charge in [-0.1, -0.05) is 25.8 Å². The van der Waals surface area contributed by atoms with Gasteiger partial charge in [0.25, 0.3) is 0 Å². The summed E-state index contributed by atoms with van der Waals surface area (Å²) in [5, 5.41) is 15.3. The molecule has 0 amide bonds. The van der Waals surface area contributed by atoms with Crippen LogP contribution >= 0.6 is 0 Å². The zero-order valence-electron chi connectivity index (χ0n) is 27.6. The van der Waals surface area contributed by atoms with E-state index in [4.69, 9.17) is 25.9 Å². The van der Waals surface area contributed by atoms with Gasteiger partial charge in [0, 0.05) is 48.1 Å². The number of benzene rings is 2. The molecule has 4 fully saturated rings. The van der Waals surface area contributed by atoms with Gasteiger partial charge in [-0.2, -0.15) is 9.97 Å². The molecule has 250 valence electrons. The first-order valence-electron chi connectivity index (χ1n) is 16.9. The molecule has 1 saturated carbocycles. The molecule has 4 aliphatic rings. The van der Waals surface area contributed by atoms with Crippen molar-refractivity contribution in [2.75, 3.05) is 51.3 Å². The molecule has 3 atom stereocenters. The van der Waals surface area contributed by atoms with E-state index in [9.17, 15) is 9.50 Å². The fraction of sp³-hybridized carbons (Fsp3) is 0.486. The summed E-state index contributed by atoms with van der Waals surface area (Å²) >= 11 is 0. The molecule has 48 heavy (non-hydrogen) atoms. The first kappa shape index (κ1) is 31.0. The Hall–Kier alpha value is -4.27. The number of ether oxygens (including phenoxy) is 2. The summed E-state index contributed by atoms with van der Waals surface area (Å²) in [4.78, 5) is 18.9. The Morgan fingerprint density at radius 2 is 1.85 bits per heavy atom. The van der Waals surface area contributed by atoms with Gasteiger partial charge in [0.15, 0.2) is 5.82 Å². The number of terminal acetylenes is 1. The Labute approximate surface area is 278 Å². The van der Waals surface area contributed by atoms with E-state index in [0.717, 1.165) is 38.9 Å². The Morgan fingerprint density at radius 1 is 1.08 bits per heavy atom. The number of aromatic hydroxyl groups is 1. The van der Waals surface area contributed by atoms with E-state index in [-0.39, 0.29) is 68.3 Å². The molecule has 3 aliphatic heterocycles. The maximum atomic E-state index is 17.1. The monoisotopic (exact) mass is 654 g/mol. The summed E-state index contributed by atoms with van der Waals surface area (Å²) in [7, 11) is 1.46. The average Bonchev–Trinajstić information content (AvgIpc) is 3.81. The van der Waals surface area contributed by atoms with Crippen LogP contribution in [0.5, 0.6) is 17.6 Å². The molecule has 0 unspecified atom stereocenters. The molecule has 1 aliphatic carbocycles. The lowest BCUT2D eigenvalue weighted by Gasteiger charge is -2.46. The van der Waals surface area contributed by atoms with Crippen LogP contribution in [0.2, 0.25) is 0 Å². The van der Waals surface area contributed by atoms with Crippen molar-refractivity contribution in [3.63, 3.8) is 0 Å². The van der Waals surface area contributed by atoms with Crippen LogP contribution in [0.4, 0.5) is 14.6 Å². The van der Waals surface area contributed by atoms with E-state index >= 15 is 4.39 Å². The molecule has 2 aromatic heterocycles. The average molecular weight is 655 g/mol. The summed E-state index contributed by atoms with van der Waals surface area (Å²) in [6, 6.07) is 6.18. The highest BCUT2D eigenvalue weighted by Gasteiger charge is 2.59. The largest absolute Gasteiger partial charge is 0.508 e. The number of hydrogen-bond acceptors (Lipinski definition) is 9. The maximum Gasteiger partial charge on any atom is 0.319 e. The molecule has 4 aromatic rings. The van der Waals surface area contributed by atoms with Crippen molar-refractivity contribution >= 4 is 27.5 Å². The molecular formula is C37H40F2N6O3. The van der Waals surface area contributed by atoms with E-state index in [0.29, 0.717) is 36.3 Å². The number of methoxy groups -OCH3 is 1. The van der Waals surface area contributed by atoms with Gasteiger partial charge >= 0.3 is 6.01 Å². The molecule has 11 heteroatoms. The zero-order valence-corrected chi connectivity index (χ0v) is 27.6. The van der Waals surface area contributed by atoms with Crippen LogP contribution in [0.15, 0.2) is 24.3 Å². The van der Waals surface area contributed by atoms with Crippen LogP contribution < -0.4 is 19.7 Å². The maximum absolute atomic E-state index is 17.1. The Bertz CT molecular complexity index is 1980. The predicted octanol–water partition coefficient (Wildman–Crippen LogP) is 5.65. The summed E-state index contributed by atoms with van der Waals surface area (Å²) in [5.74, 6) is 1.47. The molecule has 9 nitrogen and oxygen atoms in total. The first-order valence-corrected chi connectivity index (χ1v) is 16.9. The van der Waals surface area contributed by atoms with Crippen molar-refractivity contribution in [3.8, 4) is 41.2 Å². The second kappa shape index (κ2) is 11.4. The van der Waals surface area contributed by atoms with Gasteiger partial charge in [-0.15, -0.1) is 6.42 Å². The molecule has 2 aromatic carbocycles. The van der Waals surface area contributed by atoms with E-state index in [1.165, 1.54) is 44.2 Å². The van der Waals surface area contributed by atoms with Crippen molar-refractivity contribution in [2.45, 2.75) is 58.0 Å². The number of rotatable bonds is 7. The summed E-state index contributed by atoms with van der Waals surface area (Å²) in [6.45, 7) is 9.22. The number of nitrogens with zero attached hydrogens (tertiary/aromatic N) is 5. The van der Waals surface area contributed by atoms with Crippen molar-refractivity contribution in [2.24, 2.45) is 10.8 Å². The lowest BCUT2D eigenvalue weighted by atomic mass is 9.70. The molecule has 0 radical (unpaired) electrons. The third-order valence-corrected chi connectivity index (χ3v) is 11.5. The van der Waals surface area contributed by atoms with E-state index < -0.39 is 11.6 Å².